The van der Waals surface area contributed by atoms with E-state index in [2.05, 4.69) is 22.7 Å². The van der Waals surface area contributed by atoms with Gasteiger partial charge in [-0.25, -0.2) is 10.5 Å². The van der Waals surface area contributed by atoms with Crippen molar-refractivity contribution in [3.63, 3.8) is 0 Å². The van der Waals surface area contributed by atoms with Crippen molar-refractivity contribution in [2.24, 2.45) is 0 Å². The predicted molar refractivity (Wildman–Crippen MR) is 75.0 cm³/mol. The van der Waals surface area contributed by atoms with Crippen molar-refractivity contribution in [1.82, 2.24) is 14.9 Å². The number of aryl methyl sites for hydroxylation is 1. The molecule has 1 amide bonds. The molecule has 0 spiro atoms. The van der Waals surface area contributed by atoms with E-state index in [4.69, 9.17) is 10.2 Å². The molecule has 106 valence electrons. The standard InChI is InChI=1S/C14H18N4O2/c1-2-10-4-3-5-11-16-13(9-6-7-9)14(18(10)11)15-8-12(19)17-20/h3-5,9,15,20H,2,6-8H2,1H3,(H,17,19). The Morgan fingerprint density at radius 1 is 1.50 bits per heavy atom. The minimum absolute atomic E-state index is 0.0298. The lowest BCUT2D eigenvalue weighted by atomic mass is 10.2. The summed E-state index contributed by atoms with van der Waals surface area (Å²) in [6.45, 7) is 2.12. The molecule has 0 atom stereocenters. The molecule has 0 radical (unpaired) electrons. The summed E-state index contributed by atoms with van der Waals surface area (Å²) in [7, 11) is 0. The number of hydrogen-bond acceptors (Lipinski definition) is 4. The maximum absolute atomic E-state index is 11.2. The quantitative estimate of drug-likeness (QED) is 0.572. The summed E-state index contributed by atoms with van der Waals surface area (Å²) in [6, 6.07) is 6.03. The van der Waals surface area contributed by atoms with Crippen LogP contribution in [0.1, 0.15) is 37.1 Å². The second-order valence-corrected chi connectivity index (χ2v) is 5.07. The Labute approximate surface area is 116 Å². The molecule has 1 fully saturated rings. The summed E-state index contributed by atoms with van der Waals surface area (Å²) in [5.41, 5.74) is 4.71. The van der Waals surface area contributed by atoms with Crippen molar-refractivity contribution < 1.29 is 10.0 Å². The van der Waals surface area contributed by atoms with E-state index in [1.165, 1.54) is 0 Å². The largest absolute Gasteiger partial charge is 0.360 e. The van der Waals surface area contributed by atoms with Crippen LogP contribution in [0.25, 0.3) is 5.65 Å². The fourth-order valence-corrected chi connectivity index (χ4v) is 2.47. The monoisotopic (exact) mass is 274 g/mol. The van der Waals surface area contributed by atoms with Crippen LogP contribution in [-0.4, -0.2) is 27.0 Å². The van der Waals surface area contributed by atoms with Crippen molar-refractivity contribution in [1.29, 1.82) is 0 Å². The van der Waals surface area contributed by atoms with Crippen LogP contribution in [0, 0.1) is 0 Å². The number of nitrogens with one attached hydrogen (secondary N) is 2. The molecule has 6 heteroatoms. The predicted octanol–water partition coefficient (Wildman–Crippen LogP) is 1.69. The van der Waals surface area contributed by atoms with Gasteiger partial charge in [0.2, 0.25) is 0 Å². The van der Waals surface area contributed by atoms with Gasteiger partial charge in [-0.1, -0.05) is 13.0 Å². The zero-order valence-corrected chi connectivity index (χ0v) is 11.4. The van der Waals surface area contributed by atoms with Crippen LogP contribution in [0.15, 0.2) is 18.2 Å². The number of aromatic nitrogens is 2. The molecule has 1 aliphatic carbocycles. The number of carbonyl (C=O) groups is 1. The molecule has 0 aliphatic heterocycles. The molecule has 3 rings (SSSR count). The minimum Gasteiger partial charge on any atom is -0.360 e. The number of rotatable bonds is 5. The molecule has 20 heavy (non-hydrogen) atoms. The third-order valence-corrected chi connectivity index (χ3v) is 3.62. The minimum atomic E-state index is -0.462. The second-order valence-electron chi connectivity index (χ2n) is 5.07. The summed E-state index contributed by atoms with van der Waals surface area (Å²) in [5, 5.41) is 11.7. The number of amides is 1. The first-order valence-corrected chi connectivity index (χ1v) is 6.91. The van der Waals surface area contributed by atoms with E-state index in [0.29, 0.717) is 5.92 Å². The zero-order valence-electron chi connectivity index (χ0n) is 11.4. The number of fused-ring (bicyclic) bond motifs is 1. The average molecular weight is 274 g/mol. The van der Waals surface area contributed by atoms with Gasteiger partial charge in [-0.15, -0.1) is 0 Å². The molecular weight excluding hydrogens is 256 g/mol. The van der Waals surface area contributed by atoms with Gasteiger partial charge in [-0.2, -0.15) is 0 Å². The van der Waals surface area contributed by atoms with Crippen molar-refractivity contribution in [2.45, 2.75) is 32.1 Å². The molecule has 1 saturated carbocycles. The third kappa shape index (κ3) is 2.22. The smallest absolute Gasteiger partial charge is 0.262 e. The summed E-state index contributed by atoms with van der Waals surface area (Å²) >= 11 is 0. The van der Waals surface area contributed by atoms with E-state index < -0.39 is 5.91 Å². The normalized spacial score (nSPS) is 14.5. The Kier molecular flexibility index (Phi) is 3.31. The molecule has 0 bridgehead atoms. The third-order valence-electron chi connectivity index (χ3n) is 3.62. The van der Waals surface area contributed by atoms with E-state index in [-0.39, 0.29) is 6.54 Å². The van der Waals surface area contributed by atoms with Gasteiger partial charge in [0.15, 0.2) is 0 Å². The van der Waals surface area contributed by atoms with Crippen molar-refractivity contribution in [2.75, 3.05) is 11.9 Å². The molecule has 0 aromatic carbocycles. The highest BCUT2D eigenvalue weighted by Gasteiger charge is 2.30. The van der Waals surface area contributed by atoms with Crippen LogP contribution < -0.4 is 10.8 Å². The lowest BCUT2D eigenvalue weighted by molar-refractivity contribution is -0.127. The highest BCUT2D eigenvalue weighted by molar-refractivity contribution is 5.79. The summed E-state index contributed by atoms with van der Waals surface area (Å²) in [5.74, 6) is 0.901. The number of anilines is 1. The maximum Gasteiger partial charge on any atom is 0.262 e. The molecule has 0 unspecified atom stereocenters. The maximum atomic E-state index is 11.2. The van der Waals surface area contributed by atoms with Gasteiger partial charge in [-0.05, 0) is 31.4 Å². The van der Waals surface area contributed by atoms with Gasteiger partial charge < -0.3 is 5.32 Å². The molecule has 3 N–H and O–H groups in total. The Morgan fingerprint density at radius 3 is 2.95 bits per heavy atom. The van der Waals surface area contributed by atoms with E-state index in [1.807, 2.05) is 12.1 Å². The Balaban J connectivity index is 2.05. The number of nitrogens with zero attached hydrogens (tertiary/aromatic N) is 2. The summed E-state index contributed by atoms with van der Waals surface area (Å²) in [4.78, 5) is 15.9. The number of imidazole rings is 1. The van der Waals surface area contributed by atoms with Gasteiger partial charge in [0, 0.05) is 11.6 Å². The van der Waals surface area contributed by atoms with Crippen LogP contribution >= 0.6 is 0 Å². The van der Waals surface area contributed by atoms with E-state index in [0.717, 1.165) is 42.1 Å². The lowest BCUT2D eigenvalue weighted by Gasteiger charge is -2.10. The van der Waals surface area contributed by atoms with Crippen molar-refractivity contribution in [3.8, 4) is 0 Å². The SMILES string of the molecule is CCc1cccc2nc(C3CC3)c(NCC(=O)NO)n12. The number of hydroxylamine groups is 1. The first kappa shape index (κ1) is 12.9. The highest BCUT2D eigenvalue weighted by atomic mass is 16.5. The van der Waals surface area contributed by atoms with Gasteiger partial charge in [0.1, 0.15) is 11.5 Å². The second kappa shape index (κ2) is 5.13. The number of carbonyl (C=O) groups excluding carboxylic acids is 1. The van der Waals surface area contributed by atoms with Crippen LogP contribution in [0.2, 0.25) is 0 Å². The fourth-order valence-electron chi connectivity index (χ4n) is 2.47. The van der Waals surface area contributed by atoms with Crippen molar-refractivity contribution in [3.05, 3.63) is 29.6 Å². The Hall–Kier alpha value is -2.08. The fraction of sp³-hybridized carbons (Fsp3) is 0.429. The molecule has 2 aromatic rings. The molecule has 2 aromatic heterocycles. The first-order valence-electron chi connectivity index (χ1n) is 6.91. The molecule has 2 heterocycles. The topological polar surface area (TPSA) is 78.7 Å². The molecule has 0 saturated heterocycles. The van der Waals surface area contributed by atoms with Crippen LogP contribution in [-0.2, 0) is 11.2 Å². The summed E-state index contributed by atoms with van der Waals surface area (Å²) in [6.07, 6.45) is 3.18. The van der Waals surface area contributed by atoms with Crippen LogP contribution in [0.5, 0.6) is 0 Å². The Morgan fingerprint density at radius 2 is 2.30 bits per heavy atom. The summed E-state index contributed by atoms with van der Waals surface area (Å²) < 4.78 is 2.07. The molecule has 6 nitrogen and oxygen atoms in total. The number of hydrogen-bond donors (Lipinski definition) is 3. The van der Waals surface area contributed by atoms with Crippen molar-refractivity contribution >= 4 is 17.4 Å². The van der Waals surface area contributed by atoms with Gasteiger partial charge in [-0.3, -0.25) is 14.4 Å². The highest BCUT2D eigenvalue weighted by Crippen LogP contribution is 2.43. The zero-order chi connectivity index (χ0) is 14.1. The van der Waals surface area contributed by atoms with E-state index >= 15 is 0 Å². The van der Waals surface area contributed by atoms with Gasteiger partial charge >= 0.3 is 0 Å². The Bertz CT molecular complexity index is 646. The van der Waals surface area contributed by atoms with Gasteiger partial charge in [0.25, 0.3) is 5.91 Å². The van der Waals surface area contributed by atoms with Crippen LogP contribution in [0.3, 0.4) is 0 Å². The molecule has 1 aliphatic rings. The van der Waals surface area contributed by atoms with E-state index in [1.54, 1.807) is 5.48 Å². The first-order chi connectivity index (χ1) is 9.74. The number of pyridine rings is 1. The van der Waals surface area contributed by atoms with Crippen LogP contribution in [0.4, 0.5) is 5.82 Å². The molecular formula is C14H18N4O2. The van der Waals surface area contributed by atoms with E-state index in [9.17, 15) is 4.79 Å². The lowest BCUT2D eigenvalue weighted by Crippen LogP contribution is -2.27. The average Bonchev–Trinajstić information content (AvgIpc) is 3.25. The van der Waals surface area contributed by atoms with Gasteiger partial charge in [0.05, 0.1) is 12.2 Å².